The number of nitrogens with zero attached hydrogens (tertiary/aromatic N) is 1. The molecule has 0 radical (unpaired) electrons. The molecule has 1 N–H and O–H groups in total. The minimum absolute atomic E-state index is 0.0478. The summed E-state index contributed by atoms with van der Waals surface area (Å²) in [4.78, 5) is 3.49. The van der Waals surface area contributed by atoms with Crippen LogP contribution in [-0.2, 0) is 0 Å². The molecule has 0 spiro atoms. The van der Waals surface area contributed by atoms with Gasteiger partial charge in [0.15, 0.2) is 0 Å². The van der Waals surface area contributed by atoms with E-state index in [1.54, 1.807) is 0 Å². The van der Waals surface area contributed by atoms with Crippen LogP contribution in [0.2, 0.25) is 5.02 Å². The SMILES string of the molecule is CNCC=Cc1cnc(F)c(Cl)c1. The molecule has 0 aliphatic rings. The molecule has 70 valence electrons. The third kappa shape index (κ3) is 3.13. The summed E-state index contributed by atoms with van der Waals surface area (Å²) in [5, 5.41) is 3.00. The van der Waals surface area contributed by atoms with Gasteiger partial charge in [-0.15, -0.1) is 0 Å². The second kappa shape index (κ2) is 4.94. The number of hydrogen-bond acceptors (Lipinski definition) is 2. The van der Waals surface area contributed by atoms with Crippen LogP contribution >= 0.6 is 11.6 Å². The van der Waals surface area contributed by atoms with Crippen molar-refractivity contribution < 1.29 is 4.39 Å². The molecule has 0 bridgehead atoms. The van der Waals surface area contributed by atoms with E-state index < -0.39 is 5.95 Å². The lowest BCUT2D eigenvalue weighted by Crippen LogP contribution is -2.03. The molecule has 1 aromatic heterocycles. The number of hydrogen-bond donors (Lipinski definition) is 1. The van der Waals surface area contributed by atoms with Crippen LogP contribution in [0, 0.1) is 5.95 Å². The van der Waals surface area contributed by atoms with E-state index in [2.05, 4.69) is 10.3 Å². The number of pyridine rings is 1. The molecule has 0 saturated heterocycles. The summed E-state index contributed by atoms with van der Waals surface area (Å²) in [7, 11) is 1.85. The lowest BCUT2D eigenvalue weighted by Gasteiger charge is -1.95. The molecule has 2 nitrogen and oxygen atoms in total. The van der Waals surface area contributed by atoms with E-state index in [-0.39, 0.29) is 5.02 Å². The molecule has 0 fully saturated rings. The average molecular weight is 201 g/mol. The van der Waals surface area contributed by atoms with Crippen molar-refractivity contribution >= 4 is 17.7 Å². The Morgan fingerprint density at radius 1 is 1.69 bits per heavy atom. The van der Waals surface area contributed by atoms with E-state index in [4.69, 9.17) is 11.6 Å². The van der Waals surface area contributed by atoms with Gasteiger partial charge in [0, 0.05) is 12.7 Å². The molecule has 0 aliphatic carbocycles. The van der Waals surface area contributed by atoms with Gasteiger partial charge in [-0.1, -0.05) is 23.8 Å². The summed E-state index contributed by atoms with van der Waals surface area (Å²) < 4.78 is 12.6. The molecule has 0 aromatic carbocycles. The average Bonchev–Trinajstić information content (AvgIpc) is 2.12. The molecule has 0 saturated carbocycles. The van der Waals surface area contributed by atoms with Crippen molar-refractivity contribution in [1.82, 2.24) is 10.3 Å². The number of aromatic nitrogens is 1. The highest BCUT2D eigenvalue weighted by molar-refractivity contribution is 6.30. The summed E-state index contributed by atoms with van der Waals surface area (Å²) >= 11 is 5.54. The molecule has 1 rings (SSSR count). The van der Waals surface area contributed by atoms with E-state index in [9.17, 15) is 4.39 Å². The summed E-state index contributed by atoms with van der Waals surface area (Å²) in [6.45, 7) is 0.759. The molecule has 0 amide bonds. The quantitative estimate of drug-likeness (QED) is 0.756. The molecular weight excluding hydrogens is 191 g/mol. The maximum atomic E-state index is 12.6. The van der Waals surface area contributed by atoms with E-state index >= 15 is 0 Å². The van der Waals surface area contributed by atoms with Crippen molar-refractivity contribution in [2.24, 2.45) is 0 Å². The van der Waals surface area contributed by atoms with Gasteiger partial charge in [0.2, 0.25) is 5.95 Å². The first-order chi connectivity index (χ1) is 6.24. The van der Waals surface area contributed by atoms with Gasteiger partial charge in [-0.05, 0) is 18.7 Å². The monoisotopic (exact) mass is 200 g/mol. The Kier molecular flexibility index (Phi) is 3.86. The highest BCUT2D eigenvalue weighted by atomic mass is 35.5. The van der Waals surface area contributed by atoms with E-state index in [1.807, 2.05) is 19.2 Å². The van der Waals surface area contributed by atoms with Gasteiger partial charge in [-0.25, -0.2) is 4.98 Å². The molecule has 1 heterocycles. The van der Waals surface area contributed by atoms with Gasteiger partial charge < -0.3 is 5.32 Å². The Labute approximate surface area is 81.4 Å². The van der Waals surface area contributed by atoms with Gasteiger partial charge in [0.25, 0.3) is 0 Å². The van der Waals surface area contributed by atoms with Crippen molar-refractivity contribution in [3.05, 3.63) is 34.9 Å². The van der Waals surface area contributed by atoms with Gasteiger partial charge in [-0.3, -0.25) is 0 Å². The standard InChI is InChI=1S/C9H10ClFN2/c1-12-4-2-3-7-5-8(10)9(11)13-6-7/h2-3,5-6,12H,4H2,1H3. The van der Waals surface area contributed by atoms with E-state index in [0.717, 1.165) is 12.1 Å². The maximum absolute atomic E-state index is 12.6. The Bertz CT molecular complexity index is 312. The molecule has 0 atom stereocenters. The minimum Gasteiger partial charge on any atom is -0.316 e. The van der Waals surface area contributed by atoms with Gasteiger partial charge in [0.1, 0.15) is 0 Å². The van der Waals surface area contributed by atoms with Crippen LogP contribution in [0.4, 0.5) is 4.39 Å². The second-order valence-electron chi connectivity index (χ2n) is 2.50. The molecule has 1 aromatic rings. The highest BCUT2D eigenvalue weighted by Crippen LogP contribution is 2.13. The molecule has 13 heavy (non-hydrogen) atoms. The van der Waals surface area contributed by atoms with Crippen LogP contribution in [0.3, 0.4) is 0 Å². The minimum atomic E-state index is -0.632. The lowest BCUT2D eigenvalue weighted by molar-refractivity contribution is 0.584. The van der Waals surface area contributed by atoms with Gasteiger partial charge in [0.05, 0.1) is 5.02 Å². The normalized spacial score (nSPS) is 11.0. The third-order valence-electron chi connectivity index (χ3n) is 1.45. The van der Waals surface area contributed by atoms with Gasteiger partial charge >= 0.3 is 0 Å². The summed E-state index contributed by atoms with van der Waals surface area (Å²) in [5.41, 5.74) is 0.793. The smallest absolute Gasteiger partial charge is 0.231 e. The third-order valence-corrected chi connectivity index (χ3v) is 1.71. The number of rotatable bonds is 3. The summed E-state index contributed by atoms with van der Waals surface area (Å²) in [6, 6.07) is 1.54. The first-order valence-electron chi connectivity index (χ1n) is 3.86. The Morgan fingerprint density at radius 2 is 2.46 bits per heavy atom. The van der Waals surface area contributed by atoms with Crippen LogP contribution < -0.4 is 5.32 Å². The van der Waals surface area contributed by atoms with Crippen LogP contribution in [-0.4, -0.2) is 18.6 Å². The van der Waals surface area contributed by atoms with Crippen molar-refractivity contribution in [1.29, 1.82) is 0 Å². The van der Waals surface area contributed by atoms with Crippen LogP contribution in [0.25, 0.3) is 6.08 Å². The Balaban J connectivity index is 2.73. The van der Waals surface area contributed by atoms with Crippen molar-refractivity contribution in [2.45, 2.75) is 0 Å². The fourth-order valence-electron chi connectivity index (χ4n) is 0.840. The highest BCUT2D eigenvalue weighted by Gasteiger charge is 1.99. The number of likely N-dealkylation sites (N-methyl/N-ethyl adjacent to an activating group) is 1. The topological polar surface area (TPSA) is 24.9 Å². The fourth-order valence-corrected chi connectivity index (χ4v) is 1.01. The zero-order valence-electron chi connectivity index (χ0n) is 7.22. The summed E-state index contributed by atoms with van der Waals surface area (Å²) in [5.74, 6) is -0.632. The van der Waals surface area contributed by atoms with Crippen molar-refractivity contribution in [3.63, 3.8) is 0 Å². The lowest BCUT2D eigenvalue weighted by atomic mass is 10.2. The molecule has 0 unspecified atom stereocenters. The van der Waals surface area contributed by atoms with Crippen LogP contribution in [0.5, 0.6) is 0 Å². The van der Waals surface area contributed by atoms with E-state index in [1.165, 1.54) is 12.3 Å². The van der Waals surface area contributed by atoms with Crippen molar-refractivity contribution in [2.75, 3.05) is 13.6 Å². The van der Waals surface area contributed by atoms with E-state index in [0.29, 0.717) is 0 Å². The van der Waals surface area contributed by atoms with Crippen LogP contribution in [0.15, 0.2) is 18.3 Å². The molecule has 0 aliphatic heterocycles. The summed E-state index contributed by atoms with van der Waals surface area (Å²) in [6.07, 6.45) is 5.17. The maximum Gasteiger partial charge on any atom is 0.231 e. The molecular formula is C9H10ClFN2. The van der Waals surface area contributed by atoms with Crippen LogP contribution in [0.1, 0.15) is 5.56 Å². The van der Waals surface area contributed by atoms with Gasteiger partial charge in [-0.2, -0.15) is 4.39 Å². The Morgan fingerprint density at radius 3 is 3.08 bits per heavy atom. The number of halogens is 2. The number of nitrogens with one attached hydrogen (secondary N) is 1. The first-order valence-corrected chi connectivity index (χ1v) is 4.24. The fraction of sp³-hybridized carbons (Fsp3) is 0.222. The zero-order valence-corrected chi connectivity index (χ0v) is 7.98. The predicted molar refractivity (Wildman–Crippen MR) is 52.2 cm³/mol. The van der Waals surface area contributed by atoms with Crippen molar-refractivity contribution in [3.8, 4) is 0 Å². The second-order valence-corrected chi connectivity index (χ2v) is 2.91. The predicted octanol–water partition coefficient (Wildman–Crippen LogP) is 2.11. The zero-order chi connectivity index (χ0) is 9.68. The first kappa shape index (κ1) is 10.2. The largest absolute Gasteiger partial charge is 0.316 e. The molecule has 4 heteroatoms. The Hall–Kier alpha value is -0.930.